The highest BCUT2D eigenvalue weighted by Gasteiger charge is 2.38. The van der Waals surface area contributed by atoms with Gasteiger partial charge in [-0.25, -0.2) is 9.78 Å². The minimum absolute atomic E-state index is 0.0149. The molecular formula is C25H31ClF3N7O4. The van der Waals surface area contributed by atoms with Crippen LogP contribution < -0.4 is 10.4 Å². The molecule has 2 aromatic rings. The highest BCUT2D eigenvalue weighted by molar-refractivity contribution is 6.32. The number of piperazine rings is 1. The van der Waals surface area contributed by atoms with E-state index in [4.69, 9.17) is 31.9 Å². The van der Waals surface area contributed by atoms with Gasteiger partial charge in [-0.3, -0.25) is 25.0 Å². The SMILES string of the molecule is CC(C)CN(NC(=O)c1ccc(CN2CCN(CCO)CC2)cc1)c1nc(C#N)ncc1Cl.O=C(O)C(F)(F)F. The van der Waals surface area contributed by atoms with Gasteiger partial charge >= 0.3 is 12.1 Å². The number of benzene rings is 1. The molecule has 1 saturated heterocycles. The van der Waals surface area contributed by atoms with E-state index in [0.717, 1.165) is 44.8 Å². The van der Waals surface area contributed by atoms with Gasteiger partial charge in [0.05, 0.1) is 12.8 Å². The van der Waals surface area contributed by atoms with Crippen LogP contribution in [0.2, 0.25) is 5.02 Å². The Labute approximate surface area is 234 Å². The Morgan fingerprint density at radius 3 is 2.25 bits per heavy atom. The normalized spacial score (nSPS) is 14.2. The van der Waals surface area contributed by atoms with Crippen molar-refractivity contribution in [1.29, 1.82) is 5.26 Å². The van der Waals surface area contributed by atoms with Gasteiger partial charge in [-0.2, -0.15) is 23.4 Å². The third-order valence-corrected chi connectivity index (χ3v) is 5.88. The first kappa shape index (κ1) is 32.7. The number of nitrogens with zero attached hydrogens (tertiary/aromatic N) is 6. The maximum Gasteiger partial charge on any atom is 0.490 e. The molecule has 2 heterocycles. The summed E-state index contributed by atoms with van der Waals surface area (Å²) in [5, 5.41) is 27.1. The molecular weight excluding hydrogens is 555 g/mol. The summed E-state index contributed by atoms with van der Waals surface area (Å²) in [6.45, 7) is 10.0. The number of amides is 1. The van der Waals surface area contributed by atoms with Gasteiger partial charge in [0.1, 0.15) is 11.1 Å². The average molecular weight is 586 g/mol. The van der Waals surface area contributed by atoms with Crippen molar-refractivity contribution in [3.05, 3.63) is 52.4 Å². The minimum Gasteiger partial charge on any atom is -0.475 e. The maximum atomic E-state index is 12.9. The third kappa shape index (κ3) is 10.6. The molecule has 218 valence electrons. The molecule has 1 aliphatic rings. The number of anilines is 1. The lowest BCUT2D eigenvalue weighted by molar-refractivity contribution is -0.192. The number of β-amino-alcohol motifs (C(OH)–C–C–N with tert-alkyl or cyclic N) is 1. The summed E-state index contributed by atoms with van der Waals surface area (Å²) in [4.78, 5) is 34.5. The molecule has 0 bridgehead atoms. The van der Waals surface area contributed by atoms with Crippen molar-refractivity contribution in [2.45, 2.75) is 26.6 Å². The molecule has 11 nitrogen and oxygen atoms in total. The van der Waals surface area contributed by atoms with Crippen LogP contribution in [0.4, 0.5) is 19.0 Å². The zero-order valence-electron chi connectivity index (χ0n) is 22.0. The van der Waals surface area contributed by atoms with E-state index in [0.29, 0.717) is 17.9 Å². The summed E-state index contributed by atoms with van der Waals surface area (Å²) in [5.41, 5.74) is 4.52. The van der Waals surface area contributed by atoms with E-state index < -0.39 is 12.1 Å². The second-order valence-electron chi connectivity index (χ2n) is 9.26. The molecule has 0 saturated carbocycles. The summed E-state index contributed by atoms with van der Waals surface area (Å²) < 4.78 is 31.7. The number of alkyl halides is 3. The van der Waals surface area contributed by atoms with Crippen molar-refractivity contribution in [2.24, 2.45) is 5.92 Å². The van der Waals surface area contributed by atoms with E-state index in [2.05, 4.69) is 25.2 Å². The van der Waals surface area contributed by atoms with Crippen LogP contribution in [0.15, 0.2) is 30.5 Å². The first-order chi connectivity index (χ1) is 18.8. The molecule has 1 fully saturated rings. The second-order valence-corrected chi connectivity index (χ2v) is 9.67. The fourth-order valence-electron chi connectivity index (χ4n) is 3.67. The van der Waals surface area contributed by atoms with Crippen molar-refractivity contribution in [1.82, 2.24) is 25.2 Å². The van der Waals surface area contributed by atoms with Crippen LogP contribution in [0, 0.1) is 17.2 Å². The van der Waals surface area contributed by atoms with E-state index in [1.165, 1.54) is 6.20 Å². The number of carboxylic acids is 1. The van der Waals surface area contributed by atoms with Gasteiger partial charge in [0, 0.05) is 51.4 Å². The Balaban J connectivity index is 0.000000708. The van der Waals surface area contributed by atoms with Gasteiger partial charge in [0.15, 0.2) is 5.82 Å². The summed E-state index contributed by atoms with van der Waals surface area (Å²) >= 11 is 6.25. The van der Waals surface area contributed by atoms with Gasteiger partial charge in [-0.05, 0) is 23.6 Å². The van der Waals surface area contributed by atoms with Gasteiger partial charge in [-0.15, -0.1) is 0 Å². The molecule has 3 rings (SSSR count). The van der Waals surface area contributed by atoms with Crippen LogP contribution in [0.25, 0.3) is 0 Å². The van der Waals surface area contributed by atoms with Crippen LogP contribution in [-0.2, 0) is 11.3 Å². The quantitative estimate of drug-likeness (QED) is 0.375. The number of hydrogen-bond acceptors (Lipinski definition) is 9. The fraction of sp³-hybridized carbons (Fsp3) is 0.480. The number of carboxylic acid groups (broad SMARTS) is 1. The fourth-order valence-corrected chi connectivity index (χ4v) is 3.86. The number of nitrogens with one attached hydrogen (secondary N) is 1. The molecule has 0 atom stereocenters. The lowest BCUT2D eigenvalue weighted by Crippen LogP contribution is -2.46. The number of halogens is 4. The summed E-state index contributed by atoms with van der Waals surface area (Å²) in [6.07, 6.45) is -3.72. The number of aromatic nitrogens is 2. The molecule has 1 aromatic carbocycles. The zero-order chi connectivity index (χ0) is 29.9. The van der Waals surface area contributed by atoms with Crippen molar-refractivity contribution < 1.29 is 33.0 Å². The molecule has 15 heteroatoms. The van der Waals surface area contributed by atoms with Gasteiger partial charge < -0.3 is 10.2 Å². The van der Waals surface area contributed by atoms with Crippen molar-refractivity contribution >= 4 is 29.3 Å². The minimum atomic E-state index is -5.08. The molecule has 1 amide bonds. The predicted octanol–water partition coefficient (Wildman–Crippen LogP) is 2.55. The maximum absolute atomic E-state index is 12.9. The lowest BCUT2D eigenvalue weighted by atomic mass is 10.1. The summed E-state index contributed by atoms with van der Waals surface area (Å²) in [6, 6.07) is 9.45. The van der Waals surface area contributed by atoms with Crippen molar-refractivity contribution in [3.8, 4) is 6.07 Å². The van der Waals surface area contributed by atoms with Crippen molar-refractivity contribution in [3.63, 3.8) is 0 Å². The summed E-state index contributed by atoms with van der Waals surface area (Å²) in [7, 11) is 0. The van der Waals surface area contributed by atoms with Crippen LogP contribution >= 0.6 is 11.6 Å². The Hall–Kier alpha value is -3.51. The van der Waals surface area contributed by atoms with Gasteiger partial charge in [0.2, 0.25) is 5.82 Å². The zero-order valence-corrected chi connectivity index (χ0v) is 22.8. The Bertz CT molecular complexity index is 1170. The topological polar surface area (TPSA) is 146 Å². The molecule has 0 spiro atoms. The van der Waals surface area contributed by atoms with Gasteiger partial charge in [-0.1, -0.05) is 37.6 Å². The third-order valence-electron chi connectivity index (χ3n) is 5.61. The van der Waals surface area contributed by atoms with E-state index in [1.807, 2.05) is 44.2 Å². The Kier molecular flexibility index (Phi) is 12.5. The highest BCUT2D eigenvalue weighted by atomic mass is 35.5. The molecule has 1 aromatic heterocycles. The standard InChI is InChI=1S/C23H30ClN7O2.C2HF3O2/c1-17(2)15-31(22-20(24)14-26-21(13-25)27-22)28-23(33)19-5-3-18(4-6-19)16-30-9-7-29(8-10-30)11-12-32;3-2(4,5)1(6)7/h3-6,14,17,32H,7-12,15-16H2,1-2H3,(H,28,33);(H,6,7). The second kappa shape index (κ2) is 15.3. The number of carbonyl (C=O) groups excluding carboxylic acids is 1. The number of aliphatic hydroxyl groups excluding tert-OH is 1. The first-order valence-corrected chi connectivity index (χ1v) is 12.7. The van der Waals surface area contributed by atoms with E-state index in [-0.39, 0.29) is 29.3 Å². The number of nitriles is 1. The van der Waals surface area contributed by atoms with Gasteiger partial charge in [0.25, 0.3) is 5.91 Å². The molecule has 0 aliphatic carbocycles. The first-order valence-electron chi connectivity index (χ1n) is 12.3. The highest BCUT2D eigenvalue weighted by Crippen LogP contribution is 2.22. The molecule has 0 radical (unpaired) electrons. The smallest absolute Gasteiger partial charge is 0.475 e. The van der Waals surface area contributed by atoms with Crippen LogP contribution in [-0.4, -0.2) is 93.9 Å². The number of carbonyl (C=O) groups is 2. The molecule has 0 unspecified atom stereocenters. The van der Waals surface area contributed by atoms with Crippen molar-refractivity contribution in [2.75, 3.05) is 50.9 Å². The number of aliphatic hydroxyl groups is 1. The van der Waals surface area contributed by atoms with Crippen LogP contribution in [0.5, 0.6) is 0 Å². The van der Waals surface area contributed by atoms with E-state index in [9.17, 15) is 18.0 Å². The van der Waals surface area contributed by atoms with Crippen LogP contribution in [0.1, 0.15) is 35.6 Å². The molecule has 1 aliphatic heterocycles. The Morgan fingerprint density at radius 1 is 1.18 bits per heavy atom. The monoisotopic (exact) mass is 585 g/mol. The van der Waals surface area contributed by atoms with Crippen LogP contribution in [0.3, 0.4) is 0 Å². The molecule has 3 N–H and O–H groups in total. The Morgan fingerprint density at radius 2 is 1.75 bits per heavy atom. The molecule has 40 heavy (non-hydrogen) atoms. The number of rotatable bonds is 9. The number of aliphatic carboxylic acids is 1. The lowest BCUT2D eigenvalue weighted by Gasteiger charge is -2.34. The van der Waals surface area contributed by atoms with E-state index in [1.54, 1.807) is 5.01 Å². The average Bonchev–Trinajstić information content (AvgIpc) is 2.90. The summed E-state index contributed by atoms with van der Waals surface area (Å²) in [5.74, 6) is -2.55. The van der Waals surface area contributed by atoms with E-state index >= 15 is 0 Å². The predicted molar refractivity (Wildman–Crippen MR) is 140 cm³/mol. The number of hydrazine groups is 1. The largest absolute Gasteiger partial charge is 0.490 e. The number of hydrogen-bond donors (Lipinski definition) is 3.